The molecule has 1 aliphatic heterocycles. The zero-order valence-electron chi connectivity index (χ0n) is 11.5. The van der Waals surface area contributed by atoms with Crippen molar-refractivity contribution in [2.75, 3.05) is 13.1 Å². The van der Waals surface area contributed by atoms with Gasteiger partial charge in [-0.05, 0) is 57.5 Å². The minimum Gasteiger partial charge on any atom is -0.491 e. The minimum atomic E-state index is -2.77. The molecule has 1 fully saturated rings. The Hall–Kier alpha value is -1.16. The van der Waals surface area contributed by atoms with Gasteiger partial charge in [0.2, 0.25) is 0 Å². The maximum Gasteiger partial charge on any atom is 0.277 e. The first-order chi connectivity index (χ1) is 9.00. The van der Waals surface area contributed by atoms with E-state index in [9.17, 15) is 8.78 Å². The highest BCUT2D eigenvalue weighted by atomic mass is 19.3. The lowest BCUT2D eigenvalue weighted by molar-refractivity contribution is -0.0725. The molecule has 1 unspecified atom stereocenters. The van der Waals surface area contributed by atoms with Crippen molar-refractivity contribution in [1.82, 2.24) is 5.32 Å². The number of hydrogen-bond acceptors (Lipinski definition) is 2. The lowest BCUT2D eigenvalue weighted by Gasteiger charge is -2.30. The van der Waals surface area contributed by atoms with Gasteiger partial charge in [0.15, 0.2) is 0 Å². The topological polar surface area (TPSA) is 21.3 Å². The Morgan fingerprint density at radius 1 is 1.26 bits per heavy atom. The van der Waals surface area contributed by atoms with Crippen LogP contribution >= 0.6 is 0 Å². The number of rotatable bonds is 4. The third-order valence-corrected chi connectivity index (χ3v) is 3.42. The Balaban J connectivity index is 2.11. The van der Waals surface area contributed by atoms with E-state index >= 15 is 0 Å². The third-order valence-electron chi connectivity index (χ3n) is 3.42. The van der Waals surface area contributed by atoms with Gasteiger partial charge in [0, 0.05) is 18.0 Å². The summed E-state index contributed by atoms with van der Waals surface area (Å²) in [4.78, 5) is 0. The molecule has 1 aliphatic rings. The van der Waals surface area contributed by atoms with Gasteiger partial charge in [0.25, 0.3) is 5.92 Å². The molecule has 1 aromatic rings. The fourth-order valence-electron chi connectivity index (χ4n) is 2.42. The largest absolute Gasteiger partial charge is 0.491 e. The van der Waals surface area contributed by atoms with Crippen LogP contribution in [0.1, 0.15) is 32.3 Å². The SMILES string of the molecule is CC(C)Oc1ccc(C(F)(F)C2CCCNC2)cc1. The molecular formula is C15H21F2NO. The predicted octanol–water partition coefficient (Wildman–Crippen LogP) is 3.57. The molecule has 106 valence electrons. The molecule has 1 saturated heterocycles. The van der Waals surface area contributed by atoms with E-state index in [1.54, 1.807) is 12.1 Å². The summed E-state index contributed by atoms with van der Waals surface area (Å²) < 4.78 is 34.2. The van der Waals surface area contributed by atoms with Gasteiger partial charge in [-0.1, -0.05) is 0 Å². The van der Waals surface area contributed by atoms with Crippen molar-refractivity contribution in [2.45, 2.75) is 38.7 Å². The molecular weight excluding hydrogens is 248 g/mol. The van der Waals surface area contributed by atoms with Crippen LogP contribution in [0.2, 0.25) is 0 Å². The highest BCUT2D eigenvalue weighted by Crippen LogP contribution is 2.39. The van der Waals surface area contributed by atoms with Gasteiger partial charge in [0.05, 0.1) is 6.10 Å². The van der Waals surface area contributed by atoms with Gasteiger partial charge in [0.1, 0.15) is 5.75 Å². The second-order valence-electron chi connectivity index (χ2n) is 5.36. The Kier molecular flexibility index (Phi) is 4.40. The van der Waals surface area contributed by atoms with Crippen LogP contribution in [-0.4, -0.2) is 19.2 Å². The second-order valence-corrected chi connectivity index (χ2v) is 5.36. The van der Waals surface area contributed by atoms with Crippen LogP contribution in [0.3, 0.4) is 0 Å². The highest BCUT2D eigenvalue weighted by molar-refractivity contribution is 5.30. The second kappa shape index (κ2) is 5.87. The average Bonchev–Trinajstić information content (AvgIpc) is 2.40. The number of halogens is 2. The maximum atomic E-state index is 14.4. The molecule has 0 saturated carbocycles. The molecule has 4 heteroatoms. The Bertz CT molecular complexity index is 397. The summed E-state index contributed by atoms with van der Waals surface area (Å²) in [6, 6.07) is 6.21. The van der Waals surface area contributed by atoms with Crippen molar-refractivity contribution in [1.29, 1.82) is 0 Å². The van der Waals surface area contributed by atoms with Gasteiger partial charge in [-0.15, -0.1) is 0 Å². The number of ether oxygens (including phenoxy) is 1. The van der Waals surface area contributed by atoms with Crippen molar-refractivity contribution in [3.8, 4) is 5.75 Å². The molecule has 19 heavy (non-hydrogen) atoms. The zero-order valence-corrected chi connectivity index (χ0v) is 11.5. The van der Waals surface area contributed by atoms with E-state index in [-0.39, 0.29) is 11.7 Å². The molecule has 0 bridgehead atoms. The highest BCUT2D eigenvalue weighted by Gasteiger charge is 2.41. The van der Waals surface area contributed by atoms with Crippen molar-refractivity contribution in [3.05, 3.63) is 29.8 Å². The lowest BCUT2D eigenvalue weighted by Crippen LogP contribution is -2.39. The Labute approximate surface area is 113 Å². The van der Waals surface area contributed by atoms with Crippen molar-refractivity contribution < 1.29 is 13.5 Å². The molecule has 1 aromatic carbocycles. The number of nitrogens with one attached hydrogen (secondary N) is 1. The van der Waals surface area contributed by atoms with Crippen LogP contribution in [0.4, 0.5) is 8.78 Å². The molecule has 0 amide bonds. The van der Waals surface area contributed by atoms with E-state index in [1.165, 1.54) is 12.1 Å². The van der Waals surface area contributed by atoms with E-state index in [0.717, 1.165) is 13.0 Å². The first-order valence-corrected chi connectivity index (χ1v) is 6.86. The summed E-state index contributed by atoms with van der Waals surface area (Å²) in [5.41, 5.74) is 0.0808. The predicted molar refractivity (Wildman–Crippen MR) is 71.7 cm³/mol. The van der Waals surface area contributed by atoms with E-state index in [0.29, 0.717) is 18.7 Å². The number of alkyl halides is 2. The average molecular weight is 269 g/mol. The van der Waals surface area contributed by atoms with Crippen molar-refractivity contribution in [2.24, 2.45) is 5.92 Å². The Morgan fingerprint density at radius 2 is 1.95 bits per heavy atom. The van der Waals surface area contributed by atoms with Crippen molar-refractivity contribution in [3.63, 3.8) is 0 Å². The minimum absolute atomic E-state index is 0.0499. The maximum absolute atomic E-state index is 14.4. The van der Waals surface area contributed by atoms with E-state index in [2.05, 4.69) is 5.32 Å². The molecule has 1 N–H and O–H groups in total. The first-order valence-electron chi connectivity index (χ1n) is 6.86. The molecule has 0 spiro atoms. The number of hydrogen-bond donors (Lipinski definition) is 1. The van der Waals surface area contributed by atoms with Crippen LogP contribution < -0.4 is 10.1 Å². The normalized spacial score (nSPS) is 20.6. The molecule has 0 aromatic heterocycles. The van der Waals surface area contributed by atoms with Crippen LogP contribution in [-0.2, 0) is 5.92 Å². The van der Waals surface area contributed by atoms with Gasteiger partial charge in [-0.2, -0.15) is 0 Å². The van der Waals surface area contributed by atoms with Gasteiger partial charge >= 0.3 is 0 Å². The zero-order chi connectivity index (χ0) is 13.9. The summed E-state index contributed by atoms with van der Waals surface area (Å²) >= 11 is 0. The van der Waals surface area contributed by atoms with Crippen LogP contribution in [0.15, 0.2) is 24.3 Å². The molecule has 2 nitrogen and oxygen atoms in total. The first kappa shape index (κ1) is 14.3. The molecule has 2 rings (SSSR count). The lowest BCUT2D eigenvalue weighted by atomic mass is 9.88. The van der Waals surface area contributed by atoms with Gasteiger partial charge in [-0.3, -0.25) is 0 Å². The van der Waals surface area contributed by atoms with E-state index in [4.69, 9.17) is 4.74 Å². The van der Waals surface area contributed by atoms with E-state index in [1.807, 2.05) is 13.8 Å². The molecule has 1 heterocycles. The third kappa shape index (κ3) is 3.44. The summed E-state index contributed by atoms with van der Waals surface area (Å²) in [6.45, 7) is 5.05. The number of piperidine rings is 1. The Morgan fingerprint density at radius 3 is 2.47 bits per heavy atom. The van der Waals surface area contributed by atoms with Gasteiger partial charge < -0.3 is 10.1 Å². The quantitative estimate of drug-likeness (QED) is 0.902. The fourth-order valence-corrected chi connectivity index (χ4v) is 2.42. The van der Waals surface area contributed by atoms with E-state index < -0.39 is 11.8 Å². The summed E-state index contributed by atoms with van der Waals surface area (Å²) in [5.74, 6) is -2.75. The fraction of sp³-hybridized carbons (Fsp3) is 0.600. The summed E-state index contributed by atoms with van der Waals surface area (Å²) in [6.07, 6.45) is 1.44. The van der Waals surface area contributed by atoms with Gasteiger partial charge in [-0.25, -0.2) is 8.78 Å². The summed E-state index contributed by atoms with van der Waals surface area (Å²) in [7, 11) is 0. The smallest absolute Gasteiger partial charge is 0.277 e. The number of benzene rings is 1. The molecule has 0 aliphatic carbocycles. The summed E-state index contributed by atoms with van der Waals surface area (Å²) in [5, 5.41) is 3.04. The van der Waals surface area contributed by atoms with Crippen molar-refractivity contribution >= 4 is 0 Å². The monoisotopic (exact) mass is 269 g/mol. The molecule has 1 atom stereocenters. The molecule has 0 radical (unpaired) electrons. The van der Waals surface area contributed by atoms with Crippen LogP contribution in [0.25, 0.3) is 0 Å². The standard InChI is InChI=1S/C15H21F2NO/c1-11(2)19-14-7-5-12(6-8-14)15(16,17)13-4-3-9-18-10-13/h5-8,11,13,18H,3-4,9-10H2,1-2H3. The van der Waals surface area contributed by atoms with Crippen LogP contribution in [0.5, 0.6) is 5.75 Å². The van der Waals surface area contributed by atoms with Crippen LogP contribution in [0, 0.1) is 5.92 Å².